The molecule has 0 bridgehead atoms. The maximum absolute atomic E-state index is 10.4. The fourth-order valence-corrected chi connectivity index (χ4v) is 6.60. The average Bonchev–Trinajstić information content (AvgIpc) is 3.11. The zero-order valence-corrected chi connectivity index (χ0v) is 21.0. The lowest BCUT2D eigenvalue weighted by Gasteiger charge is -2.41. The average molecular weight is 459 g/mol. The van der Waals surface area contributed by atoms with E-state index in [-0.39, 0.29) is 5.41 Å². The van der Waals surface area contributed by atoms with E-state index in [2.05, 4.69) is 37.8 Å². The molecule has 3 rings (SSSR count). The number of rotatable bonds is 8. The number of allylic oxidation sites excluding steroid dienone is 4. The maximum Gasteiger partial charge on any atom is 0.0822 e. The summed E-state index contributed by atoms with van der Waals surface area (Å²) in [6.45, 7) is 10.5. The van der Waals surface area contributed by atoms with Crippen LogP contribution in [0.3, 0.4) is 0 Å². The van der Waals surface area contributed by atoms with Crippen LogP contribution in [0.15, 0.2) is 59.3 Å². The molecule has 0 unspecified atom stereocenters. The highest BCUT2D eigenvalue weighted by Crippen LogP contribution is 2.55. The molecule has 2 saturated carbocycles. The summed E-state index contributed by atoms with van der Waals surface area (Å²) in [6, 6.07) is 0. The van der Waals surface area contributed by atoms with E-state index >= 15 is 0 Å². The maximum atomic E-state index is 10.4. The minimum absolute atomic E-state index is 0.232. The van der Waals surface area contributed by atoms with Crippen LogP contribution < -0.4 is 0 Å². The fraction of sp³-hybridized carbons (Fsp3) is 0.643. The van der Waals surface area contributed by atoms with Gasteiger partial charge in [-0.3, -0.25) is 0 Å². The second-order valence-corrected chi connectivity index (χ2v) is 11.1. The van der Waals surface area contributed by atoms with Crippen LogP contribution >= 0.6 is 11.8 Å². The van der Waals surface area contributed by atoms with Gasteiger partial charge in [-0.15, -0.1) is 0 Å². The number of hydrogen-bond donors (Lipinski definition) is 3. The SMILES string of the molecule is C=C1C(=CC=C2CCC[C@]3(C)C(CSC/C=C\C(O)(CC)CC)=CC[C@@H]23)C[C@@H](O)C[C@@H]1O. The van der Waals surface area contributed by atoms with Crippen molar-refractivity contribution in [2.24, 2.45) is 11.3 Å². The number of aliphatic hydroxyl groups is 3. The third kappa shape index (κ3) is 5.70. The summed E-state index contributed by atoms with van der Waals surface area (Å²) in [5, 5.41) is 30.6. The summed E-state index contributed by atoms with van der Waals surface area (Å²) in [5.74, 6) is 2.54. The molecule has 3 aliphatic carbocycles. The van der Waals surface area contributed by atoms with E-state index in [9.17, 15) is 15.3 Å². The molecule has 0 heterocycles. The van der Waals surface area contributed by atoms with Gasteiger partial charge in [-0.05, 0) is 67.4 Å². The lowest BCUT2D eigenvalue weighted by atomic mass is 9.64. The minimum Gasteiger partial charge on any atom is -0.393 e. The highest BCUT2D eigenvalue weighted by atomic mass is 32.2. The molecule has 3 nitrogen and oxygen atoms in total. The van der Waals surface area contributed by atoms with E-state index in [0.717, 1.165) is 48.3 Å². The molecule has 0 spiro atoms. The first-order valence-corrected chi connectivity index (χ1v) is 13.5. The van der Waals surface area contributed by atoms with E-state index < -0.39 is 17.8 Å². The summed E-state index contributed by atoms with van der Waals surface area (Å²) in [5.41, 5.74) is 4.41. The Hall–Kier alpha value is -1.07. The first kappa shape index (κ1) is 25.6. The van der Waals surface area contributed by atoms with Gasteiger partial charge in [0.05, 0.1) is 17.8 Å². The second kappa shape index (κ2) is 10.9. The Morgan fingerprint density at radius 2 is 2.00 bits per heavy atom. The largest absolute Gasteiger partial charge is 0.393 e. The predicted molar refractivity (Wildman–Crippen MR) is 137 cm³/mol. The van der Waals surface area contributed by atoms with Crippen LogP contribution in [0.1, 0.15) is 72.1 Å². The van der Waals surface area contributed by atoms with Crippen molar-refractivity contribution in [2.75, 3.05) is 11.5 Å². The molecule has 3 N–H and O–H groups in total. The van der Waals surface area contributed by atoms with Gasteiger partial charge in [0, 0.05) is 17.9 Å². The predicted octanol–water partition coefficient (Wildman–Crippen LogP) is 5.89. The highest BCUT2D eigenvalue weighted by molar-refractivity contribution is 7.99. The van der Waals surface area contributed by atoms with E-state index in [1.165, 1.54) is 18.4 Å². The molecule has 0 aromatic rings. The first-order valence-electron chi connectivity index (χ1n) is 12.3. The summed E-state index contributed by atoms with van der Waals surface area (Å²) in [6.07, 6.45) is 17.0. The molecular formula is C28H42O3S. The molecule has 32 heavy (non-hydrogen) atoms. The highest BCUT2D eigenvalue weighted by Gasteiger charge is 2.44. The molecule has 4 atom stereocenters. The molecule has 4 heteroatoms. The summed E-state index contributed by atoms with van der Waals surface area (Å²) < 4.78 is 0. The third-order valence-corrected chi connectivity index (χ3v) is 9.04. The van der Waals surface area contributed by atoms with Crippen molar-refractivity contribution >= 4 is 11.8 Å². The fourth-order valence-electron chi connectivity index (χ4n) is 5.58. The van der Waals surface area contributed by atoms with Crippen molar-refractivity contribution in [2.45, 2.75) is 89.9 Å². The van der Waals surface area contributed by atoms with Gasteiger partial charge in [0.15, 0.2) is 0 Å². The van der Waals surface area contributed by atoms with Crippen LogP contribution in [0.4, 0.5) is 0 Å². The van der Waals surface area contributed by atoms with Gasteiger partial charge in [0.2, 0.25) is 0 Å². The van der Waals surface area contributed by atoms with Gasteiger partial charge in [0.1, 0.15) is 0 Å². The molecule has 0 saturated heterocycles. The molecule has 0 radical (unpaired) electrons. The van der Waals surface area contributed by atoms with Crippen LogP contribution in [0.5, 0.6) is 0 Å². The normalized spacial score (nSPS) is 33.9. The van der Waals surface area contributed by atoms with Gasteiger partial charge in [0.25, 0.3) is 0 Å². The first-order chi connectivity index (χ1) is 15.2. The van der Waals surface area contributed by atoms with Crippen molar-refractivity contribution in [3.05, 3.63) is 59.3 Å². The Morgan fingerprint density at radius 3 is 2.72 bits per heavy atom. The van der Waals surface area contributed by atoms with Crippen LogP contribution in [0.2, 0.25) is 0 Å². The Balaban J connectivity index is 1.62. The van der Waals surface area contributed by atoms with Crippen molar-refractivity contribution in [3.63, 3.8) is 0 Å². The van der Waals surface area contributed by atoms with Gasteiger partial charge >= 0.3 is 0 Å². The standard InChI is InChI=1S/C28H42O3S/c1-5-28(31,6-2)15-8-16-32-19-23-12-13-25-21(9-7-14-27(23,25)4)10-11-22-17-24(29)18-26(30)20(22)3/h8,10-12,15,24-26,29-31H,3,5-7,9,13-14,16-19H2,1-2,4H3/b15-8-,21-10?,22-11?/t24-,25+,26+,27-/m1/s1. The Kier molecular flexibility index (Phi) is 8.71. The molecule has 178 valence electrons. The van der Waals surface area contributed by atoms with E-state index in [1.54, 1.807) is 5.57 Å². The second-order valence-electron chi connectivity index (χ2n) is 10.1. The van der Waals surface area contributed by atoms with Gasteiger partial charge in [-0.2, -0.15) is 11.8 Å². The lowest BCUT2D eigenvalue weighted by Crippen LogP contribution is -2.31. The van der Waals surface area contributed by atoms with Crippen LogP contribution in [0.25, 0.3) is 0 Å². The number of aliphatic hydroxyl groups excluding tert-OH is 2. The zero-order chi connectivity index (χ0) is 23.4. The van der Waals surface area contributed by atoms with Crippen molar-refractivity contribution in [1.82, 2.24) is 0 Å². The smallest absolute Gasteiger partial charge is 0.0822 e. The molecular weight excluding hydrogens is 416 g/mol. The van der Waals surface area contributed by atoms with E-state index in [1.807, 2.05) is 31.7 Å². The van der Waals surface area contributed by atoms with Crippen molar-refractivity contribution < 1.29 is 15.3 Å². The topological polar surface area (TPSA) is 60.7 Å². The molecule has 3 aliphatic rings. The van der Waals surface area contributed by atoms with Crippen LogP contribution in [-0.4, -0.2) is 44.6 Å². The molecule has 0 aliphatic heterocycles. The van der Waals surface area contributed by atoms with Crippen LogP contribution in [-0.2, 0) is 0 Å². The molecule has 0 aromatic carbocycles. The Bertz CT molecular complexity index is 801. The van der Waals surface area contributed by atoms with Gasteiger partial charge in [-0.25, -0.2) is 0 Å². The van der Waals surface area contributed by atoms with E-state index in [4.69, 9.17) is 0 Å². The monoisotopic (exact) mass is 458 g/mol. The van der Waals surface area contributed by atoms with E-state index in [0.29, 0.717) is 18.8 Å². The zero-order valence-electron chi connectivity index (χ0n) is 20.1. The summed E-state index contributed by atoms with van der Waals surface area (Å²) in [4.78, 5) is 0. The van der Waals surface area contributed by atoms with Crippen LogP contribution in [0, 0.1) is 11.3 Å². The number of fused-ring (bicyclic) bond motifs is 1. The number of hydrogen-bond acceptors (Lipinski definition) is 4. The number of thioether (sulfide) groups is 1. The summed E-state index contributed by atoms with van der Waals surface area (Å²) >= 11 is 1.94. The van der Waals surface area contributed by atoms with Crippen molar-refractivity contribution in [1.29, 1.82) is 0 Å². The lowest BCUT2D eigenvalue weighted by molar-refractivity contribution is 0.0826. The Morgan fingerprint density at radius 1 is 1.25 bits per heavy atom. The van der Waals surface area contributed by atoms with Gasteiger partial charge in [-0.1, -0.05) is 68.9 Å². The van der Waals surface area contributed by atoms with Gasteiger partial charge < -0.3 is 15.3 Å². The molecule has 2 fully saturated rings. The van der Waals surface area contributed by atoms with Crippen molar-refractivity contribution in [3.8, 4) is 0 Å². The minimum atomic E-state index is -0.655. The quantitative estimate of drug-likeness (QED) is 0.314. The third-order valence-electron chi connectivity index (χ3n) is 8.10. The molecule has 0 amide bonds. The summed E-state index contributed by atoms with van der Waals surface area (Å²) in [7, 11) is 0. The molecule has 0 aromatic heterocycles. The Labute approximate surface area is 199 Å².